The van der Waals surface area contributed by atoms with Crippen molar-refractivity contribution in [2.24, 2.45) is 0 Å². The van der Waals surface area contributed by atoms with Crippen LogP contribution in [-0.2, 0) is 0 Å². The van der Waals surface area contributed by atoms with E-state index >= 15 is 0 Å². The number of rotatable bonds is 4. The highest BCUT2D eigenvalue weighted by Crippen LogP contribution is 2.36. The second-order valence-electron chi connectivity index (χ2n) is 4.27. The summed E-state index contributed by atoms with van der Waals surface area (Å²) in [5, 5.41) is 10.3. The summed E-state index contributed by atoms with van der Waals surface area (Å²) in [6.45, 7) is 0. The summed E-state index contributed by atoms with van der Waals surface area (Å²) in [7, 11) is 2.89. The van der Waals surface area contributed by atoms with E-state index < -0.39 is 23.3 Å². The maximum absolute atomic E-state index is 14.1. The highest BCUT2D eigenvalue weighted by molar-refractivity contribution is 9.10. The lowest BCUT2D eigenvalue weighted by molar-refractivity contribution is 0.203. The van der Waals surface area contributed by atoms with Gasteiger partial charge in [0.25, 0.3) is 0 Å². The van der Waals surface area contributed by atoms with Gasteiger partial charge < -0.3 is 14.6 Å². The largest absolute Gasteiger partial charge is 0.497 e. The summed E-state index contributed by atoms with van der Waals surface area (Å²) in [6, 6.07) is 6.94. The lowest BCUT2D eigenvalue weighted by atomic mass is 9.99. The van der Waals surface area contributed by atoms with Crippen molar-refractivity contribution in [3.63, 3.8) is 0 Å². The van der Waals surface area contributed by atoms with Crippen LogP contribution in [0.25, 0.3) is 0 Å². The Kier molecular flexibility index (Phi) is 4.80. The minimum atomic E-state index is -1.50. The monoisotopic (exact) mass is 358 g/mol. The summed E-state index contributed by atoms with van der Waals surface area (Å²) >= 11 is 2.98. The molecule has 1 N–H and O–H groups in total. The summed E-state index contributed by atoms with van der Waals surface area (Å²) < 4.78 is 38.2. The second kappa shape index (κ2) is 6.41. The quantitative estimate of drug-likeness (QED) is 0.844. The third-order valence-corrected chi connectivity index (χ3v) is 3.70. The smallest absolute Gasteiger partial charge is 0.146 e. The molecular formula is C15H13BrF2O3. The van der Waals surface area contributed by atoms with Crippen LogP contribution in [0.15, 0.2) is 34.8 Å². The minimum absolute atomic E-state index is 0.0745. The summed E-state index contributed by atoms with van der Waals surface area (Å²) in [5.41, 5.74) is -0.193. The number of methoxy groups -OCH3 is 2. The molecule has 0 fully saturated rings. The molecular weight excluding hydrogens is 346 g/mol. The van der Waals surface area contributed by atoms with Crippen molar-refractivity contribution in [1.29, 1.82) is 0 Å². The number of hydrogen-bond acceptors (Lipinski definition) is 3. The van der Waals surface area contributed by atoms with Gasteiger partial charge in [0.05, 0.1) is 24.3 Å². The molecule has 0 radical (unpaired) electrons. The Morgan fingerprint density at radius 1 is 1.10 bits per heavy atom. The van der Waals surface area contributed by atoms with Crippen LogP contribution in [0.2, 0.25) is 0 Å². The van der Waals surface area contributed by atoms with Gasteiger partial charge in [0.2, 0.25) is 0 Å². The fourth-order valence-corrected chi connectivity index (χ4v) is 2.34. The number of benzene rings is 2. The van der Waals surface area contributed by atoms with E-state index in [4.69, 9.17) is 9.47 Å². The zero-order valence-corrected chi connectivity index (χ0v) is 12.9. The standard InChI is InChI=1S/C15H13BrF2O3/c1-20-8-3-4-9(12(7-8)21-2)15(19)13-11(17)6-5-10(16)14(13)18/h3-7,15,19H,1-2H3. The first-order valence-electron chi connectivity index (χ1n) is 6.03. The van der Waals surface area contributed by atoms with E-state index in [1.54, 1.807) is 6.07 Å². The van der Waals surface area contributed by atoms with Crippen LogP contribution >= 0.6 is 15.9 Å². The molecule has 2 rings (SSSR count). The van der Waals surface area contributed by atoms with Crippen LogP contribution < -0.4 is 9.47 Å². The molecule has 0 aliphatic rings. The number of hydrogen-bond donors (Lipinski definition) is 1. The van der Waals surface area contributed by atoms with E-state index in [1.807, 2.05) is 0 Å². The average Bonchev–Trinajstić information content (AvgIpc) is 2.50. The zero-order chi connectivity index (χ0) is 15.6. The lowest BCUT2D eigenvalue weighted by Gasteiger charge is -2.17. The van der Waals surface area contributed by atoms with E-state index in [0.29, 0.717) is 5.75 Å². The first-order chi connectivity index (χ1) is 9.99. The van der Waals surface area contributed by atoms with Gasteiger partial charge in [0.1, 0.15) is 29.2 Å². The first-order valence-corrected chi connectivity index (χ1v) is 6.82. The number of aliphatic hydroxyl groups is 1. The molecule has 0 amide bonds. The molecule has 3 nitrogen and oxygen atoms in total. The summed E-state index contributed by atoms with van der Waals surface area (Å²) in [6.07, 6.45) is -1.50. The minimum Gasteiger partial charge on any atom is -0.497 e. The third-order valence-electron chi connectivity index (χ3n) is 3.09. The van der Waals surface area contributed by atoms with Crippen LogP contribution in [-0.4, -0.2) is 19.3 Å². The maximum Gasteiger partial charge on any atom is 0.146 e. The number of ether oxygens (including phenoxy) is 2. The zero-order valence-electron chi connectivity index (χ0n) is 11.4. The van der Waals surface area contributed by atoms with E-state index in [0.717, 1.165) is 6.07 Å². The molecule has 0 spiro atoms. The molecule has 2 aromatic rings. The molecule has 1 unspecified atom stereocenters. The molecule has 1 atom stereocenters. The fraction of sp³-hybridized carbons (Fsp3) is 0.200. The number of aliphatic hydroxyl groups excluding tert-OH is 1. The van der Waals surface area contributed by atoms with Crippen molar-refractivity contribution < 1.29 is 23.4 Å². The van der Waals surface area contributed by atoms with Crippen molar-refractivity contribution in [3.05, 3.63) is 57.6 Å². The highest BCUT2D eigenvalue weighted by atomic mass is 79.9. The van der Waals surface area contributed by atoms with Crippen LogP contribution in [0.1, 0.15) is 17.2 Å². The maximum atomic E-state index is 14.1. The topological polar surface area (TPSA) is 38.7 Å². The van der Waals surface area contributed by atoms with Crippen molar-refractivity contribution >= 4 is 15.9 Å². The summed E-state index contributed by atoms with van der Waals surface area (Å²) in [5.74, 6) is -0.889. The van der Waals surface area contributed by atoms with Crippen molar-refractivity contribution in [2.45, 2.75) is 6.10 Å². The van der Waals surface area contributed by atoms with E-state index in [9.17, 15) is 13.9 Å². The summed E-state index contributed by atoms with van der Waals surface area (Å²) in [4.78, 5) is 0. The molecule has 112 valence electrons. The molecule has 0 saturated heterocycles. The fourth-order valence-electron chi connectivity index (χ4n) is 1.99. The molecule has 0 aliphatic heterocycles. The van der Waals surface area contributed by atoms with Gasteiger partial charge in [-0.1, -0.05) is 0 Å². The molecule has 0 bridgehead atoms. The van der Waals surface area contributed by atoms with Gasteiger partial charge in [-0.05, 0) is 40.2 Å². The average molecular weight is 359 g/mol. The second-order valence-corrected chi connectivity index (χ2v) is 5.12. The van der Waals surface area contributed by atoms with Gasteiger partial charge in [-0.15, -0.1) is 0 Å². The Balaban J connectivity index is 2.55. The van der Waals surface area contributed by atoms with Crippen LogP contribution in [0, 0.1) is 11.6 Å². The van der Waals surface area contributed by atoms with Crippen LogP contribution in [0.3, 0.4) is 0 Å². The van der Waals surface area contributed by atoms with E-state index in [2.05, 4.69) is 15.9 Å². The van der Waals surface area contributed by atoms with Gasteiger partial charge in [0, 0.05) is 11.6 Å². The Morgan fingerprint density at radius 3 is 2.43 bits per heavy atom. The lowest BCUT2D eigenvalue weighted by Crippen LogP contribution is -2.08. The van der Waals surface area contributed by atoms with Gasteiger partial charge in [-0.2, -0.15) is 0 Å². The predicted octanol–water partition coefficient (Wildman–Crippen LogP) is 3.83. The molecule has 6 heteroatoms. The van der Waals surface area contributed by atoms with Crippen LogP contribution in [0.5, 0.6) is 11.5 Å². The highest BCUT2D eigenvalue weighted by Gasteiger charge is 2.24. The van der Waals surface area contributed by atoms with Gasteiger partial charge in [-0.25, -0.2) is 8.78 Å². The van der Waals surface area contributed by atoms with Gasteiger partial charge >= 0.3 is 0 Å². The molecule has 0 saturated carbocycles. The molecule has 21 heavy (non-hydrogen) atoms. The van der Waals surface area contributed by atoms with E-state index in [1.165, 1.54) is 32.4 Å². The molecule has 2 aromatic carbocycles. The molecule has 0 aromatic heterocycles. The third kappa shape index (κ3) is 3.01. The SMILES string of the molecule is COc1ccc(C(O)c2c(F)ccc(Br)c2F)c(OC)c1. The molecule has 0 aliphatic carbocycles. The number of halogens is 3. The van der Waals surface area contributed by atoms with Gasteiger partial charge in [-0.3, -0.25) is 0 Å². The first kappa shape index (κ1) is 15.7. The van der Waals surface area contributed by atoms with Crippen molar-refractivity contribution in [2.75, 3.05) is 14.2 Å². The van der Waals surface area contributed by atoms with Crippen molar-refractivity contribution in [1.82, 2.24) is 0 Å². The Labute approximate surface area is 129 Å². The van der Waals surface area contributed by atoms with Crippen molar-refractivity contribution in [3.8, 4) is 11.5 Å². The Bertz CT molecular complexity index is 662. The van der Waals surface area contributed by atoms with Gasteiger partial charge in [0.15, 0.2) is 0 Å². The predicted molar refractivity (Wildman–Crippen MR) is 77.7 cm³/mol. The Morgan fingerprint density at radius 2 is 1.81 bits per heavy atom. The molecule has 0 heterocycles. The van der Waals surface area contributed by atoms with Crippen LogP contribution in [0.4, 0.5) is 8.78 Å². The van der Waals surface area contributed by atoms with E-state index in [-0.39, 0.29) is 15.8 Å². The normalized spacial score (nSPS) is 12.1. The Hall–Kier alpha value is -1.66.